The van der Waals surface area contributed by atoms with Gasteiger partial charge in [-0.05, 0) is 18.9 Å². The predicted octanol–water partition coefficient (Wildman–Crippen LogP) is 1.58. The van der Waals surface area contributed by atoms with Crippen molar-refractivity contribution in [3.63, 3.8) is 0 Å². The molecule has 2 rings (SSSR count). The highest BCUT2D eigenvalue weighted by Gasteiger charge is 2.15. The summed E-state index contributed by atoms with van der Waals surface area (Å²) in [6.07, 6.45) is 3.63. The first-order valence-electron chi connectivity index (χ1n) is 5.21. The highest BCUT2D eigenvalue weighted by atomic mass is 16.6. The zero-order valence-electron chi connectivity index (χ0n) is 8.76. The van der Waals surface area contributed by atoms with Gasteiger partial charge in [-0.2, -0.15) is 0 Å². The molecule has 1 aromatic heterocycles. The molecule has 0 radical (unpaired) electrons. The van der Waals surface area contributed by atoms with E-state index >= 15 is 0 Å². The minimum absolute atomic E-state index is 0.00247. The molecular weight excluding hydrogens is 210 g/mol. The van der Waals surface area contributed by atoms with E-state index in [1.165, 1.54) is 12.3 Å². The molecule has 6 heteroatoms. The van der Waals surface area contributed by atoms with E-state index in [0.29, 0.717) is 12.4 Å². The lowest BCUT2D eigenvalue weighted by Gasteiger charge is -2.10. The van der Waals surface area contributed by atoms with Crippen molar-refractivity contribution in [3.8, 4) is 0 Å². The van der Waals surface area contributed by atoms with Crippen LogP contribution in [0.3, 0.4) is 0 Å². The zero-order chi connectivity index (χ0) is 11.4. The lowest BCUT2D eigenvalue weighted by Crippen LogP contribution is -2.18. The number of nitro groups is 1. The highest BCUT2D eigenvalue weighted by molar-refractivity contribution is 5.40. The quantitative estimate of drug-likeness (QED) is 0.619. The number of nitrogens with zero attached hydrogens (tertiary/aromatic N) is 2. The van der Waals surface area contributed by atoms with Crippen LogP contribution in [0.1, 0.15) is 12.8 Å². The summed E-state index contributed by atoms with van der Waals surface area (Å²) in [7, 11) is 0. The van der Waals surface area contributed by atoms with Crippen LogP contribution < -0.4 is 5.32 Å². The molecule has 1 aromatic rings. The van der Waals surface area contributed by atoms with E-state index in [1.54, 1.807) is 6.07 Å². The Kier molecular flexibility index (Phi) is 3.31. The number of aromatic nitrogens is 1. The molecule has 1 saturated heterocycles. The van der Waals surface area contributed by atoms with Gasteiger partial charge in [-0.3, -0.25) is 10.1 Å². The molecule has 0 spiro atoms. The average molecular weight is 223 g/mol. The third-order valence-corrected chi connectivity index (χ3v) is 2.49. The Bertz CT molecular complexity index is 360. The van der Waals surface area contributed by atoms with E-state index in [1.807, 2.05) is 0 Å². The molecule has 6 nitrogen and oxygen atoms in total. The Hall–Kier alpha value is -1.69. The van der Waals surface area contributed by atoms with E-state index < -0.39 is 4.92 Å². The molecule has 0 bridgehead atoms. The molecular formula is C10H13N3O3. The van der Waals surface area contributed by atoms with Crippen LogP contribution in [0.2, 0.25) is 0 Å². The second-order valence-corrected chi connectivity index (χ2v) is 3.67. The number of hydrogen-bond donors (Lipinski definition) is 1. The highest BCUT2D eigenvalue weighted by Crippen LogP contribution is 2.14. The number of nitrogens with one attached hydrogen (secondary N) is 1. The molecule has 0 aliphatic carbocycles. The summed E-state index contributed by atoms with van der Waals surface area (Å²) in [6.45, 7) is 1.52. The van der Waals surface area contributed by atoms with Crippen molar-refractivity contribution in [2.24, 2.45) is 0 Å². The van der Waals surface area contributed by atoms with E-state index in [4.69, 9.17) is 4.74 Å². The van der Waals surface area contributed by atoms with Gasteiger partial charge in [-0.1, -0.05) is 0 Å². The normalized spacial score (nSPS) is 19.6. The molecule has 1 atom stereocenters. The van der Waals surface area contributed by atoms with Gasteiger partial charge in [0.2, 0.25) is 0 Å². The summed E-state index contributed by atoms with van der Waals surface area (Å²) in [6, 6.07) is 3.04. The van der Waals surface area contributed by atoms with Crippen molar-refractivity contribution in [2.75, 3.05) is 18.5 Å². The van der Waals surface area contributed by atoms with Gasteiger partial charge in [0.25, 0.3) is 5.69 Å². The molecule has 0 unspecified atom stereocenters. The molecule has 1 fully saturated rings. The number of hydrogen-bond acceptors (Lipinski definition) is 5. The lowest BCUT2D eigenvalue weighted by atomic mass is 10.2. The summed E-state index contributed by atoms with van der Waals surface area (Å²) in [5, 5.41) is 13.5. The smallest absolute Gasteiger partial charge is 0.287 e. The second kappa shape index (κ2) is 4.89. The van der Waals surface area contributed by atoms with Crippen molar-refractivity contribution in [1.29, 1.82) is 0 Å². The molecule has 86 valence electrons. The van der Waals surface area contributed by atoms with Gasteiger partial charge in [0.15, 0.2) is 0 Å². The first-order chi connectivity index (χ1) is 7.75. The molecule has 0 amide bonds. The third-order valence-electron chi connectivity index (χ3n) is 2.49. The van der Waals surface area contributed by atoms with E-state index in [-0.39, 0.29) is 11.8 Å². The predicted molar refractivity (Wildman–Crippen MR) is 58.4 cm³/mol. The summed E-state index contributed by atoms with van der Waals surface area (Å²) >= 11 is 0. The van der Waals surface area contributed by atoms with Gasteiger partial charge < -0.3 is 10.1 Å². The SMILES string of the molecule is O=[N+]([O-])c1ccc(NC[C@H]2CCCO2)nc1. The van der Waals surface area contributed by atoms with Crippen LogP contribution in [0, 0.1) is 10.1 Å². The molecule has 0 saturated carbocycles. The number of pyridine rings is 1. The van der Waals surface area contributed by atoms with Crippen molar-refractivity contribution >= 4 is 11.5 Å². The second-order valence-electron chi connectivity index (χ2n) is 3.67. The monoisotopic (exact) mass is 223 g/mol. The third kappa shape index (κ3) is 2.66. The summed E-state index contributed by atoms with van der Waals surface area (Å²) < 4.78 is 5.44. The fourth-order valence-electron chi connectivity index (χ4n) is 1.62. The van der Waals surface area contributed by atoms with Crippen molar-refractivity contribution in [3.05, 3.63) is 28.4 Å². The van der Waals surface area contributed by atoms with Crippen molar-refractivity contribution in [2.45, 2.75) is 18.9 Å². The van der Waals surface area contributed by atoms with Crippen LogP contribution in [-0.2, 0) is 4.74 Å². The summed E-state index contributed by atoms with van der Waals surface area (Å²) in [5.41, 5.74) is 0.00247. The van der Waals surface area contributed by atoms with Crippen LogP contribution in [0.5, 0.6) is 0 Å². The first-order valence-corrected chi connectivity index (χ1v) is 5.21. The van der Waals surface area contributed by atoms with Crippen LogP contribution in [0.4, 0.5) is 11.5 Å². The van der Waals surface area contributed by atoms with E-state index in [2.05, 4.69) is 10.3 Å². The minimum atomic E-state index is -0.461. The molecule has 16 heavy (non-hydrogen) atoms. The van der Waals surface area contributed by atoms with Crippen LogP contribution in [0.25, 0.3) is 0 Å². The van der Waals surface area contributed by atoms with Crippen molar-refractivity contribution < 1.29 is 9.66 Å². The average Bonchev–Trinajstić information content (AvgIpc) is 2.80. The maximum atomic E-state index is 10.4. The van der Waals surface area contributed by atoms with Gasteiger partial charge in [0, 0.05) is 19.2 Å². The maximum absolute atomic E-state index is 10.4. The van der Waals surface area contributed by atoms with Crippen LogP contribution in [0.15, 0.2) is 18.3 Å². The van der Waals surface area contributed by atoms with Crippen LogP contribution >= 0.6 is 0 Å². The lowest BCUT2D eigenvalue weighted by molar-refractivity contribution is -0.385. The Balaban J connectivity index is 1.87. The molecule has 1 aliphatic rings. The Labute approximate surface area is 92.8 Å². The Morgan fingerprint density at radius 2 is 2.50 bits per heavy atom. The first kappa shape index (κ1) is 10.8. The van der Waals surface area contributed by atoms with Gasteiger partial charge in [0.05, 0.1) is 11.0 Å². The van der Waals surface area contributed by atoms with Crippen molar-refractivity contribution in [1.82, 2.24) is 4.98 Å². The molecule has 2 heterocycles. The number of ether oxygens (including phenoxy) is 1. The summed E-state index contributed by atoms with van der Waals surface area (Å²) in [4.78, 5) is 13.9. The van der Waals surface area contributed by atoms with Gasteiger partial charge in [-0.25, -0.2) is 4.98 Å². The van der Waals surface area contributed by atoms with E-state index in [9.17, 15) is 10.1 Å². The van der Waals surface area contributed by atoms with Gasteiger partial charge in [-0.15, -0.1) is 0 Å². The number of rotatable bonds is 4. The molecule has 1 N–H and O–H groups in total. The molecule has 0 aromatic carbocycles. The van der Waals surface area contributed by atoms with Gasteiger partial charge in [0.1, 0.15) is 12.0 Å². The zero-order valence-corrected chi connectivity index (χ0v) is 8.76. The maximum Gasteiger partial charge on any atom is 0.287 e. The minimum Gasteiger partial charge on any atom is -0.376 e. The Morgan fingerprint density at radius 3 is 3.06 bits per heavy atom. The largest absolute Gasteiger partial charge is 0.376 e. The molecule has 1 aliphatic heterocycles. The fourth-order valence-corrected chi connectivity index (χ4v) is 1.62. The number of anilines is 1. The Morgan fingerprint density at radius 1 is 1.62 bits per heavy atom. The summed E-state index contributed by atoms with van der Waals surface area (Å²) in [5.74, 6) is 0.640. The standard InChI is InChI=1S/C10H13N3O3/c14-13(15)8-3-4-10(11-6-8)12-7-9-2-1-5-16-9/h3-4,6,9H,1-2,5,7H2,(H,11,12)/t9-/m1/s1. The fraction of sp³-hybridized carbons (Fsp3) is 0.500. The topological polar surface area (TPSA) is 77.3 Å². The van der Waals surface area contributed by atoms with Gasteiger partial charge >= 0.3 is 0 Å². The van der Waals surface area contributed by atoms with E-state index in [0.717, 1.165) is 19.4 Å². The van der Waals surface area contributed by atoms with Crippen LogP contribution in [-0.4, -0.2) is 29.2 Å².